The number of piperidine rings is 1. The van der Waals surface area contributed by atoms with Crippen molar-refractivity contribution in [3.05, 3.63) is 45.6 Å². The van der Waals surface area contributed by atoms with Crippen molar-refractivity contribution in [2.45, 2.75) is 25.2 Å². The highest BCUT2D eigenvalue weighted by Gasteiger charge is 2.39. The van der Waals surface area contributed by atoms with Crippen LogP contribution >= 0.6 is 11.3 Å². The molecule has 1 N–H and O–H groups in total. The number of amides is 1. The molecule has 2 heterocycles. The van der Waals surface area contributed by atoms with Crippen LogP contribution in [0.2, 0.25) is 0 Å². The Labute approximate surface area is 150 Å². The van der Waals surface area contributed by atoms with Crippen LogP contribution in [0.5, 0.6) is 0 Å². The average molecular weight is 348 g/mol. The van der Waals surface area contributed by atoms with Crippen LogP contribution < -0.4 is 0 Å². The number of nitrogens with zero attached hydrogens (tertiary/aromatic N) is 3. The van der Waals surface area contributed by atoms with Crippen LogP contribution in [-0.4, -0.2) is 23.7 Å². The molecule has 6 heteroatoms. The fraction of sp³-hybridized carbons (Fsp3) is 0.263. The molecule has 1 aliphatic heterocycles. The van der Waals surface area contributed by atoms with E-state index in [0.29, 0.717) is 29.8 Å². The highest BCUT2D eigenvalue weighted by atomic mass is 32.1. The first-order valence-corrected chi connectivity index (χ1v) is 8.63. The number of rotatable bonds is 2. The van der Waals surface area contributed by atoms with Crippen LogP contribution in [0, 0.1) is 28.1 Å². The minimum Gasteiger partial charge on any atom is -0.304 e. The molecule has 0 bridgehead atoms. The Morgan fingerprint density at radius 1 is 1.16 bits per heavy atom. The second-order valence-electron chi connectivity index (χ2n) is 6.50. The first-order chi connectivity index (χ1) is 11.9. The summed E-state index contributed by atoms with van der Waals surface area (Å²) in [7, 11) is 1.64. The third-order valence-electron chi connectivity index (χ3n) is 4.67. The van der Waals surface area contributed by atoms with Crippen LogP contribution in [-0.2, 0) is 10.2 Å². The van der Waals surface area contributed by atoms with Crippen molar-refractivity contribution >= 4 is 23.1 Å². The second kappa shape index (κ2) is 6.16. The molecule has 0 aliphatic carbocycles. The number of benzene rings is 1. The largest absolute Gasteiger partial charge is 0.304 e. The molecule has 2 aromatic rings. The minimum absolute atomic E-state index is 0.0427. The third kappa shape index (κ3) is 2.93. The van der Waals surface area contributed by atoms with Crippen molar-refractivity contribution in [3.63, 3.8) is 0 Å². The van der Waals surface area contributed by atoms with Gasteiger partial charge in [-0.25, -0.2) is 0 Å². The third-order valence-corrected chi connectivity index (χ3v) is 5.90. The number of thiophene rings is 1. The molecule has 1 aromatic heterocycles. The Morgan fingerprint density at radius 2 is 1.88 bits per heavy atom. The zero-order chi connectivity index (χ0) is 18.2. The van der Waals surface area contributed by atoms with Crippen molar-refractivity contribution in [1.29, 1.82) is 15.9 Å². The van der Waals surface area contributed by atoms with Gasteiger partial charge in [-0.05, 0) is 34.7 Å². The lowest BCUT2D eigenvalue weighted by molar-refractivity contribution is -0.128. The molecular weight excluding hydrogens is 332 g/mol. The zero-order valence-electron chi connectivity index (χ0n) is 14.0. The molecule has 1 fully saturated rings. The summed E-state index contributed by atoms with van der Waals surface area (Å²) < 4.78 is 0. The van der Waals surface area contributed by atoms with E-state index in [1.54, 1.807) is 30.5 Å². The lowest BCUT2D eigenvalue weighted by Gasteiger charge is -2.36. The summed E-state index contributed by atoms with van der Waals surface area (Å²) in [5, 5.41) is 28.3. The average Bonchev–Trinajstić information content (AvgIpc) is 3.10. The number of hydrogen-bond acceptors (Lipinski definition) is 5. The normalized spacial score (nSPS) is 20.2. The number of nitriles is 2. The molecular formula is C19H16N4OS. The van der Waals surface area contributed by atoms with Gasteiger partial charge >= 0.3 is 0 Å². The SMILES string of the molecule is CN1C(=N)C[C@](C)(c2cc(-c3ccc(C#N)c(C#N)c3)cs2)CC1=O. The van der Waals surface area contributed by atoms with Crippen molar-refractivity contribution < 1.29 is 4.79 Å². The number of likely N-dealkylation sites (tertiary alicyclic amines) is 1. The van der Waals surface area contributed by atoms with Crippen molar-refractivity contribution in [2.24, 2.45) is 0 Å². The Kier molecular flexibility index (Phi) is 4.16. The highest BCUT2D eigenvalue weighted by molar-refractivity contribution is 7.10. The summed E-state index contributed by atoms with van der Waals surface area (Å²) in [6.45, 7) is 2.02. The molecule has 1 amide bonds. The lowest BCUT2D eigenvalue weighted by atomic mass is 9.78. The number of nitrogens with one attached hydrogen (secondary N) is 1. The van der Waals surface area contributed by atoms with E-state index in [1.807, 2.05) is 30.5 Å². The topological polar surface area (TPSA) is 91.7 Å². The fourth-order valence-electron chi connectivity index (χ4n) is 3.05. The molecule has 0 radical (unpaired) electrons. The van der Waals surface area contributed by atoms with Crippen LogP contribution in [0.4, 0.5) is 0 Å². The maximum absolute atomic E-state index is 12.1. The van der Waals surface area contributed by atoms with Crippen LogP contribution in [0.25, 0.3) is 11.1 Å². The monoisotopic (exact) mass is 348 g/mol. The summed E-state index contributed by atoms with van der Waals surface area (Å²) in [4.78, 5) is 14.6. The second-order valence-corrected chi connectivity index (χ2v) is 7.41. The summed E-state index contributed by atoms with van der Waals surface area (Å²) in [5.74, 6) is 0.290. The van der Waals surface area contributed by atoms with Crippen molar-refractivity contribution in [1.82, 2.24) is 4.90 Å². The molecule has 1 atom stereocenters. The summed E-state index contributed by atoms with van der Waals surface area (Å²) in [5.41, 5.74) is 2.17. The van der Waals surface area contributed by atoms with E-state index in [9.17, 15) is 10.1 Å². The standard InChI is InChI=1S/C19H16N4OS/c1-19(7-17(22)23(2)18(24)8-19)16-6-15(11-25-16)12-3-4-13(9-20)14(5-12)10-21/h3-6,11,22H,7-8H2,1-2H3/t19-/m0/s1. The van der Waals surface area contributed by atoms with Gasteiger partial charge in [-0.2, -0.15) is 10.5 Å². The van der Waals surface area contributed by atoms with Gasteiger partial charge in [-0.15, -0.1) is 11.3 Å². The Bertz CT molecular complexity index is 943. The van der Waals surface area contributed by atoms with Gasteiger partial charge in [0.1, 0.15) is 18.0 Å². The maximum Gasteiger partial charge on any atom is 0.228 e. The van der Waals surface area contributed by atoms with E-state index < -0.39 is 0 Å². The Balaban J connectivity index is 1.96. The summed E-state index contributed by atoms with van der Waals surface area (Å²) in [6.07, 6.45) is 0.897. The first-order valence-electron chi connectivity index (χ1n) is 7.75. The molecule has 25 heavy (non-hydrogen) atoms. The molecule has 5 nitrogen and oxygen atoms in total. The van der Waals surface area contributed by atoms with E-state index in [2.05, 4.69) is 6.07 Å². The van der Waals surface area contributed by atoms with E-state index in [0.717, 1.165) is 16.0 Å². The van der Waals surface area contributed by atoms with Gasteiger partial charge in [-0.1, -0.05) is 13.0 Å². The van der Waals surface area contributed by atoms with E-state index in [-0.39, 0.29) is 11.3 Å². The van der Waals surface area contributed by atoms with Gasteiger partial charge in [0.25, 0.3) is 0 Å². The highest BCUT2D eigenvalue weighted by Crippen LogP contribution is 2.41. The van der Waals surface area contributed by atoms with Crippen LogP contribution in [0.15, 0.2) is 29.6 Å². The van der Waals surface area contributed by atoms with Gasteiger partial charge in [-0.3, -0.25) is 10.2 Å². The Morgan fingerprint density at radius 3 is 2.52 bits per heavy atom. The maximum atomic E-state index is 12.1. The van der Waals surface area contributed by atoms with Gasteiger partial charge in [0, 0.05) is 30.2 Å². The van der Waals surface area contributed by atoms with Crippen LogP contribution in [0.1, 0.15) is 35.8 Å². The minimum atomic E-state index is -0.381. The van der Waals surface area contributed by atoms with Gasteiger partial charge in [0.15, 0.2) is 0 Å². The van der Waals surface area contributed by atoms with Crippen LogP contribution in [0.3, 0.4) is 0 Å². The fourth-order valence-corrected chi connectivity index (χ4v) is 4.13. The smallest absolute Gasteiger partial charge is 0.228 e. The first kappa shape index (κ1) is 16.9. The van der Waals surface area contributed by atoms with Gasteiger partial charge in [0.2, 0.25) is 5.91 Å². The van der Waals surface area contributed by atoms with E-state index in [4.69, 9.17) is 10.7 Å². The number of carbonyl (C=O) groups excluding carboxylic acids is 1. The van der Waals surface area contributed by atoms with E-state index >= 15 is 0 Å². The quantitative estimate of drug-likeness (QED) is 0.898. The zero-order valence-corrected chi connectivity index (χ0v) is 14.8. The predicted molar refractivity (Wildman–Crippen MR) is 96.3 cm³/mol. The molecule has 0 saturated carbocycles. The molecule has 3 rings (SSSR count). The Hall–Kier alpha value is -2.96. The summed E-state index contributed by atoms with van der Waals surface area (Å²) in [6, 6.07) is 11.3. The molecule has 1 aliphatic rings. The molecule has 0 spiro atoms. The number of carbonyl (C=O) groups is 1. The van der Waals surface area contributed by atoms with Gasteiger partial charge in [0.05, 0.1) is 11.1 Å². The molecule has 124 valence electrons. The lowest BCUT2D eigenvalue weighted by Crippen LogP contribution is -2.46. The number of amidine groups is 1. The molecule has 1 saturated heterocycles. The van der Waals surface area contributed by atoms with Crippen molar-refractivity contribution in [3.8, 4) is 23.3 Å². The summed E-state index contributed by atoms with van der Waals surface area (Å²) >= 11 is 1.56. The molecule has 1 aromatic carbocycles. The van der Waals surface area contributed by atoms with Crippen molar-refractivity contribution in [2.75, 3.05) is 7.05 Å². The molecule has 0 unspecified atom stereocenters. The predicted octanol–water partition coefficient (Wildman–Crippen LogP) is 3.65. The van der Waals surface area contributed by atoms with Gasteiger partial charge < -0.3 is 4.90 Å². The van der Waals surface area contributed by atoms with E-state index in [1.165, 1.54) is 4.90 Å². The number of hydrogen-bond donors (Lipinski definition) is 1.